The number of carboxylic acid groups (broad SMARTS) is 6. The van der Waals surface area contributed by atoms with Gasteiger partial charge in [-0.05, 0) is 12.2 Å². The number of rotatable bonds is 6. The van der Waals surface area contributed by atoms with E-state index in [1.54, 1.807) is 0 Å². The van der Waals surface area contributed by atoms with Gasteiger partial charge in [0.25, 0.3) is 0 Å². The highest BCUT2D eigenvalue weighted by Crippen LogP contribution is 1.71. The van der Waals surface area contributed by atoms with Crippen LogP contribution in [-0.2, 0) is 28.8 Å². The highest BCUT2D eigenvalue weighted by Gasteiger charge is 1.88. The SMILES string of the molecule is O=C(O)/C=C/C(=O)O.O=C(O)/C=C/C(=O)O.O=C([O-])/C=C/C(=O)[O-].[NH4+].[NH4+]. The second-order valence-corrected chi connectivity index (χ2v) is 2.99. The molecule has 0 aliphatic carbocycles. The Morgan fingerprint density at radius 2 is 0.615 bits per heavy atom. The van der Waals surface area contributed by atoms with Crippen LogP contribution in [0.25, 0.3) is 0 Å². The number of hydrogen-bond donors (Lipinski definition) is 6. The van der Waals surface area contributed by atoms with Crippen molar-refractivity contribution >= 4 is 35.8 Å². The van der Waals surface area contributed by atoms with Crippen molar-refractivity contribution in [2.75, 3.05) is 0 Å². The maximum absolute atomic E-state index is 9.55. The van der Waals surface area contributed by atoms with Crippen LogP contribution in [0.2, 0.25) is 0 Å². The first kappa shape index (κ1) is 33.5. The number of carbonyl (C=O) groups is 6. The van der Waals surface area contributed by atoms with E-state index in [1.165, 1.54) is 0 Å². The summed E-state index contributed by atoms with van der Waals surface area (Å²) in [4.78, 5) is 57.0. The molecule has 0 bridgehead atoms. The molecule has 0 atom stereocenters. The Hall–Kier alpha value is -4.04. The van der Waals surface area contributed by atoms with Crippen LogP contribution in [0.1, 0.15) is 0 Å². The lowest BCUT2D eigenvalue weighted by Crippen LogP contribution is -2.23. The molecule has 0 radical (unpaired) electrons. The van der Waals surface area contributed by atoms with Crippen LogP contribution in [0, 0.1) is 0 Å². The topological polar surface area (TPSA) is 302 Å². The Bertz CT molecular complexity index is 448. The Morgan fingerprint density at radius 3 is 0.692 bits per heavy atom. The van der Waals surface area contributed by atoms with E-state index < -0.39 is 35.8 Å². The maximum atomic E-state index is 9.55. The monoisotopic (exact) mass is 382 g/mol. The van der Waals surface area contributed by atoms with Gasteiger partial charge >= 0.3 is 23.9 Å². The van der Waals surface area contributed by atoms with Crippen LogP contribution in [0.3, 0.4) is 0 Å². The van der Waals surface area contributed by atoms with Crippen LogP contribution in [-0.4, -0.2) is 56.2 Å². The zero-order valence-corrected chi connectivity index (χ0v) is 13.5. The molecule has 0 heterocycles. The summed E-state index contributed by atoms with van der Waals surface area (Å²) in [5, 5.41) is 50.1. The van der Waals surface area contributed by atoms with Crippen molar-refractivity contribution < 1.29 is 59.4 Å². The third-order valence-electron chi connectivity index (χ3n) is 1.09. The average Bonchev–Trinajstić information content (AvgIpc) is 2.42. The molecule has 0 fully saturated rings. The highest BCUT2D eigenvalue weighted by atomic mass is 16.4. The summed E-state index contributed by atoms with van der Waals surface area (Å²) in [6.07, 6.45) is 3.00. The molecule has 0 spiro atoms. The first-order valence-electron chi connectivity index (χ1n) is 5.26. The van der Waals surface area contributed by atoms with Crippen molar-refractivity contribution in [1.29, 1.82) is 0 Å². The minimum Gasteiger partial charge on any atom is -0.545 e. The van der Waals surface area contributed by atoms with Gasteiger partial charge in [0, 0.05) is 24.3 Å². The van der Waals surface area contributed by atoms with Gasteiger partial charge in [-0.3, -0.25) is 0 Å². The molecule has 0 aromatic rings. The summed E-state index contributed by atoms with van der Waals surface area (Å²) < 4.78 is 0. The van der Waals surface area contributed by atoms with Crippen LogP contribution >= 0.6 is 0 Å². The molecular formula is C12H18N2O12. The summed E-state index contributed by atoms with van der Waals surface area (Å²) in [7, 11) is 0. The number of hydrogen-bond acceptors (Lipinski definition) is 8. The number of quaternary nitrogens is 2. The van der Waals surface area contributed by atoms with Gasteiger partial charge < -0.3 is 52.5 Å². The predicted molar refractivity (Wildman–Crippen MR) is 79.9 cm³/mol. The quantitative estimate of drug-likeness (QED) is 0.254. The molecule has 0 rings (SSSR count). The zero-order valence-electron chi connectivity index (χ0n) is 13.5. The summed E-state index contributed by atoms with van der Waals surface area (Å²) in [6, 6.07) is 0. The smallest absolute Gasteiger partial charge is 0.328 e. The Kier molecular flexibility index (Phi) is 27.0. The fraction of sp³-hybridized carbons (Fsp3) is 0. The summed E-state index contributed by atoms with van der Waals surface area (Å²) in [6.45, 7) is 0. The molecule has 0 aromatic carbocycles. The van der Waals surface area contributed by atoms with E-state index >= 15 is 0 Å². The van der Waals surface area contributed by atoms with Crippen molar-refractivity contribution in [2.24, 2.45) is 0 Å². The van der Waals surface area contributed by atoms with Crippen molar-refractivity contribution in [3.63, 3.8) is 0 Å². The zero-order chi connectivity index (χ0) is 19.7. The Labute approximate surface area is 145 Å². The van der Waals surface area contributed by atoms with Crippen LogP contribution in [0.4, 0.5) is 0 Å². The lowest BCUT2D eigenvalue weighted by molar-refractivity contribution is -0.301. The van der Waals surface area contributed by atoms with Gasteiger partial charge in [-0.15, -0.1) is 0 Å². The van der Waals surface area contributed by atoms with Gasteiger partial charge in [0.2, 0.25) is 0 Å². The van der Waals surface area contributed by atoms with Gasteiger partial charge in [-0.2, -0.15) is 0 Å². The molecule has 0 saturated heterocycles. The number of carbonyl (C=O) groups excluding carboxylic acids is 2. The highest BCUT2D eigenvalue weighted by molar-refractivity contribution is 5.90. The largest absolute Gasteiger partial charge is 0.545 e. The molecule has 148 valence electrons. The van der Waals surface area contributed by atoms with Gasteiger partial charge in [0.05, 0.1) is 11.9 Å². The normalized spacial score (nSPS) is 8.77. The van der Waals surface area contributed by atoms with E-state index in [1.807, 2.05) is 0 Å². The van der Waals surface area contributed by atoms with Gasteiger partial charge in [-0.1, -0.05) is 0 Å². The molecule has 14 heteroatoms. The van der Waals surface area contributed by atoms with Crippen molar-refractivity contribution in [2.45, 2.75) is 0 Å². The molecule has 0 amide bonds. The van der Waals surface area contributed by atoms with E-state index in [0.717, 1.165) is 0 Å². The van der Waals surface area contributed by atoms with E-state index in [0.29, 0.717) is 36.5 Å². The third kappa shape index (κ3) is 59.7. The van der Waals surface area contributed by atoms with Gasteiger partial charge in [-0.25, -0.2) is 19.2 Å². The summed E-state index contributed by atoms with van der Waals surface area (Å²) >= 11 is 0. The molecule has 12 N–H and O–H groups in total. The average molecular weight is 382 g/mol. The minimum absolute atomic E-state index is 0. The molecule has 0 unspecified atom stereocenters. The van der Waals surface area contributed by atoms with Crippen molar-refractivity contribution in [3.8, 4) is 0 Å². The fourth-order valence-electron chi connectivity index (χ4n) is 0.421. The fourth-order valence-corrected chi connectivity index (χ4v) is 0.421. The molecule has 0 aliphatic rings. The number of carboxylic acids is 6. The van der Waals surface area contributed by atoms with Crippen molar-refractivity contribution in [1.82, 2.24) is 12.3 Å². The molecular weight excluding hydrogens is 364 g/mol. The first-order chi connectivity index (χ1) is 10.9. The lowest BCUT2D eigenvalue weighted by Gasteiger charge is -1.90. The minimum atomic E-state index is -1.55. The molecule has 26 heavy (non-hydrogen) atoms. The summed E-state index contributed by atoms with van der Waals surface area (Å²) in [5.41, 5.74) is 0. The molecule has 0 saturated carbocycles. The predicted octanol–water partition coefficient (Wildman–Crippen LogP) is -2.78. The Morgan fingerprint density at radius 1 is 0.462 bits per heavy atom. The third-order valence-corrected chi connectivity index (χ3v) is 1.09. The van der Waals surface area contributed by atoms with E-state index in [9.17, 15) is 39.0 Å². The van der Waals surface area contributed by atoms with Crippen LogP contribution < -0.4 is 22.5 Å². The molecule has 0 aromatic heterocycles. The second kappa shape index (κ2) is 21.0. The van der Waals surface area contributed by atoms with Crippen LogP contribution in [0.5, 0.6) is 0 Å². The van der Waals surface area contributed by atoms with Crippen molar-refractivity contribution in [3.05, 3.63) is 36.5 Å². The summed E-state index contributed by atoms with van der Waals surface area (Å²) in [5.74, 6) is -8.12. The van der Waals surface area contributed by atoms with E-state index in [4.69, 9.17) is 20.4 Å². The van der Waals surface area contributed by atoms with Gasteiger partial charge in [0.1, 0.15) is 0 Å². The molecule has 0 aliphatic heterocycles. The molecule has 14 nitrogen and oxygen atoms in total. The van der Waals surface area contributed by atoms with Crippen LogP contribution in [0.15, 0.2) is 36.5 Å². The second-order valence-electron chi connectivity index (χ2n) is 2.99. The standard InChI is InChI=1S/3C4H4O4.2H3N/c3*5-3(6)1-2-4(7)8;;/h3*1-2H,(H,5,6)(H,7,8);2*1H3/b3*2-1+;;. The Balaban J connectivity index is -0.0000000817. The van der Waals surface area contributed by atoms with Gasteiger partial charge in [0.15, 0.2) is 0 Å². The lowest BCUT2D eigenvalue weighted by atomic mass is 10.5. The van der Waals surface area contributed by atoms with E-state index in [2.05, 4.69) is 0 Å². The van der Waals surface area contributed by atoms with E-state index in [-0.39, 0.29) is 12.3 Å². The first-order valence-corrected chi connectivity index (χ1v) is 5.26. The maximum Gasteiger partial charge on any atom is 0.328 e. The number of aliphatic carboxylic acids is 6.